The van der Waals surface area contributed by atoms with Crippen LogP contribution in [0.25, 0.3) is 0 Å². The van der Waals surface area contributed by atoms with Crippen LogP contribution in [-0.4, -0.2) is 31.3 Å². The highest BCUT2D eigenvalue weighted by molar-refractivity contribution is 5.85. The average molecular weight is 238 g/mol. The van der Waals surface area contributed by atoms with Gasteiger partial charge < -0.3 is 15.2 Å². The highest BCUT2D eigenvalue weighted by Gasteiger charge is 2.39. The molecule has 90 valence electrons. The van der Waals surface area contributed by atoms with E-state index in [0.29, 0.717) is 12.8 Å². The Bertz CT molecular complexity index is 203. The average Bonchev–Trinajstić information content (AvgIpc) is 2.21. The van der Waals surface area contributed by atoms with E-state index in [-0.39, 0.29) is 24.5 Å². The molecule has 0 heterocycles. The Morgan fingerprint density at radius 3 is 2.40 bits per heavy atom. The van der Waals surface area contributed by atoms with E-state index in [4.69, 9.17) is 10.5 Å². The fourth-order valence-electron chi connectivity index (χ4n) is 1.92. The minimum atomic E-state index is -0.775. The lowest BCUT2D eigenvalue weighted by Gasteiger charge is -2.34. The van der Waals surface area contributed by atoms with Crippen LogP contribution in [-0.2, 0) is 14.3 Å². The van der Waals surface area contributed by atoms with Crippen LogP contribution in [0.5, 0.6) is 0 Å². The van der Waals surface area contributed by atoms with Gasteiger partial charge in [0, 0.05) is 6.61 Å². The maximum atomic E-state index is 11.4. The quantitative estimate of drug-likeness (QED) is 0.751. The molecule has 0 aromatic heterocycles. The van der Waals surface area contributed by atoms with Crippen molar-refractivity contribution in [3.63, 3.8) is 0 Å². The van der Waals surface area contributed by atoms with Crippen molar-refractivity contribution in [3.05, 3.63) is 0 Å². The first-order chi connectivity index (χ1) is 6.62. The highest BCUT2D eigenvalue weighted by atomic mass is 35.5. The van der Waals surface area contributed by atoms with E-state index in [1.165, 1.54) is 7.11 Å². The summed E-state index contributed by atoms with van der Waals surface area (Å²) in [6.45, 7) is 2.70. The number of carbonyl (C=O) groups is 1. The normalized spacial score (nSPS) is 30.5. The van der Waals surface area contributed by atoms with Crippen LogP contribution in [0.1, 0.15) is 32.6 Å². The Balaban J connectivity index is 0.00000196. The molecule has 0 aromatic rings. The summed E-state index contributed by atoms with van der Waals surface area (Å²) in [4.78, 5) is 11.4. The second-order valence-electron chi connectivity index (χ2n) is 3.80. The maximum Gasteiger partial charge on any atom is 0.325 e. The summed E-state index contributed by atoms with van der Waals surface area (Å²) in [5.74, 6) is -0.299. The van der Waals surface area contributed by atoms with Crippen LogP contribution in [0.15, 0.2) is 0 Å². The van der Waals surface area contributed by atoms with Crippen molar-refractivity contribution in [1.82, 2.24) is 0 Å². The molecule has 4 nitrogen and oxygen atoms in total. The van der Waals surface area contributed by atoms with E-state index in [1.807, 2.05) is 6.92 Å². The Hall–Kier alpha value is -0.320. The standard InChI is InChI=1S/C10H19NO3.ClH/c1-3-14-8-4-6-10(11,7-5-8)9(12)13-2;/h8H,3-7,11H2,1-2H3;1H/t8-,10+;. The predicted octanol–water partition coefficient (Wildman–Crippen LogP) is 1.26. The molecule has 0 atom stereocenters. The highest BCUT2D eigenvalue weighted by Crippen LogP contribution is 2.28. The summed E-state index contributed by atoms with van der Waals surface area (Å²) < 4.78 is 10.2. The molecule has 0 spiro atoms. The van der Waals surface area contributed by atoms with E-state index in [9.17, 15) is 4.79 Å². The van der Waals surface area contributed by atoms with Crippen LogP contribution in [0.2, 0.25) is 0 Å². The Morgan fingerprint density at radius 2 is 2.00 bits per heavy atom. The third kappa shape index (κ3) is 3.63. The van der Waals surface area contributed by atoms with Gasteiger partial charge in [0.25, 0.3) is 0 Å². The predicted molar refractivity (Wildman–Crippen MR) is 60.1 cm³/mol. The van der Waals surface area contributed by atoms with Crippen molar-refractivity contribution in [3.8, 4) is 0 Å². The smallest absolute Gasteiger partial charge is 0.325 e. The van der Waals surface area contributed by atoms with Gasteiger partial charge in [0.1, 0.15) is 5.54 Å². The molecule has 0 aliphatic heterocycles. The molecule has 0 bridgehead atoms. The molecular formula is C10H20ClNO3. The molecule has 5 heteroatoms. The molecule has 15 heavy (non-hydrogen) atoms. The van der Waals surface area contributed by atoms with Gasteiger partial charge in [-0.2, -0.15) is 0 Å². The molecule has 2 N–H and O–H groups in total. The van der Waals surface area contributed by atoms with Gasteiger partial charge in [-0.3, -0.25) is 4.79 Å². The second-order valence-corrected chi connectivity index (χ2v) is 3.80. The summed E-state index contributed by atoms with van der Waals surface area (Å²) in [7, 11) is 1.38. The second kappa shape index (κ2) is 6.30. The molecule has 0 radical (unpaired) electrons. The number of nitrogens with two attached hydrogens (primary N) is 1. The minimum absolute atomic E-state index is 0. The number of rotatable bonds is 3. The number of hydrogen-bond acceptors (Lipinski definition) is 4. The molecular weight excluding hydrogens is 218 g/mol. The SMILES string of the molecule is CCO[C@H]1CC[C@](N)(C(=O)OC)CC1.Cl. The van der Waals surface area contributed by atoms with Crippen LogP contribution in [0.4, 0.5) is 0 Å². The molecule has 0 saturated heterocycles. The van der Waals surface area contributed by atoms with Crippen LogP contribution >= 0.6 is 12.4 Å². The summed E-state index contributed by atoms with van der Waals surface area (Å²) in [6, 6.07) is 0. The number of methoxy groups -OCH3 is 1. The van der Waals surface area contributed by atoms with Crippen molar-refractivity contribution in [2.75, 3.05) is 13.7 Å². The Labute approximate surface area is 96.9 Å². The number of esters is 1. The molecule has 0 aromatic carbocycles. The van der Waals surface area contributed by atoms with Gasteiger partial charge in [0.2, 0.25) is 0 Å². The maximum absolute atomic E-state index is 11.4. The first-order valence-electron chi connectivity index (χ1n) is 5.11. The van der Waals surface area contributed by atoms with Crippen LogP contribution in [0.3, 0.4) is 0 Å². The third-order valence-electron chi connectivity index (χ3n) is 2.82. The van der Waals surface area contributed by atoms with Crippen molar-refractivity contribution < 1.29 is 14.3 Å². The largest absolute Gasteiger partial charge is 0.468 e. The molecule has 0 unspecified atom stereocenters. The summed E-state index contributed by atoms with van der Waals surface area (Å²) >= 11 is 0. The van der Waals surface area contributed by atoms with Gasteiger partial charge in [-0.05, 0) is 32.6 Å². The zero-order valence-corrected chi connectivity index (χ0v) is 10.1. The lowest BCUT2D eigenvalue weighted by atomic mass is 9.81. The van der Waals surface area contributed by atoms with Gasteiger partial charge in [0.15, 0.2) is 0 Å². The van der Waals surface area contributed by atoms with Crippen molar-refractivity contribution in [2.45, 2.75) is 44.2 Å². The molecule has 1 aliphatic carbocycles. The van der Waals surface area contributed by atoms with Gasteiger partial charge in [-0.25, -0.2) is 0 Å². The van der Waals surface area contributed by atoms with Crippen molar-refractivity contribution in [2.24, 2.45) is 5.73 Å². The fourth-order valence-corrected chi connectivity index (χ4v) is 1.92. The number of hydrogen-bond donors (Lipinski definition) is 1. The monoisotopic (exact) mass is 237 g/mol. The lowest BCUT2D eigenvalue weighted by molar-refractivity contribution is -0.149. The van der Waals surface area contributed by atoms with E-state index >= 15 is 0 Å². The summed E-state index contributed by atoms with van der Waals surface area (Å²) in [5, 5.41) is 0. The van der Waals surface area contributed by atoms with E-state index in [1.54, 1.807) is 0 Å². The summed E-state index contributed by atoms with van der Waals surface area (Å²) in [6.07, 6.45) is 3.27. The molecule has 1 rings (SSSR count). The summed E-state index contributed by atoms with van der Waals surface area (Å²) in [5.41, 5.74) is 5.17. The Morgan fingerprint density at radius 1 is 1.47 bits per heavy atom. The van der Waals surface area contributed by atoms with E-state index in [2.05, 4.69) is 4.74 Å². The zero-order valence-electron chi connectivity index (χ0n) is 9.32. The van der Waals surface area contributed by atoms with Crippen molar-refractivity contribution >= 4 is 18.4 Å². The molecule has 1 saturated carbocycles. The number of halogens is 1. The molecule has 1 fully saturated rings. The molecule has 0 amide bonds. The van der Waals surface area contributed by atoms with Gasteiger partial charge >= 0.3 is 5.97 Å². The number of carbonyl (C=O) groups excluding carboxylic acids is 1. The Kier molecular flexibility index (Phi) is 6.17. The fraction of sp³-hybridized carbons (Fsp3) is 0.900. The van der Waals surface area contributed by atoms with Gasteiger partial charge in [-0.1, -0.05) is 0 Å². The van der Waals surface area contributed by atoms with Gasteiger partial charge in [0.05, 0.1) is 13.2 Å². The lowest BCUT2D eigenvalue weighted by Crippen LogP contribution is -2.52. The first kappa shape index (κ1) is 14.7. The molecule has 1 aliphatic rings. The van der Waals surface area contributed by atoms with Crippen LogP contribution in [0, 0.1) is 0 Å². The zero-order chi connectivity index (χ0) is 10.6. The van der Waals surface area contributed by atoms with Gasteiger partial charge in [-0.15, -0.1) is 12.4 Å². The van der Waals surface area contributed by atoms with E-state index in [0.717, 1.165) is 19.4 Å². The number of ether oxygens (including phenoxy) is 2. The third-order valence-corrected chi connectivity index (χ3v) is 2.82. The topological polar surface area (TPSA) is 61.5 Å². The van der Waals surface area contributed by atoms with Crippen LogP contribution < -0.4 is 5.73 Å². The minimum Gasteiger partial charge on any atom is -0.468 e. The van der Waals surface area contributed by atoms with Crippen molar-refractivity contribution in [1.29, 1.82) is 0 Å². The van der Waals surface area contributed by atoms with E-state index < -0.39 is 5.54 Å². The first-order valence-corrected chi connectivity index (χ1v) is 5.11.